The number of hydrogen-bond donors (Lipinski definition) is 2. The Hall–Kier alpha value is -2.64. The summed E-state index contributed by atoms with van der Waals surface area (Å²) in [4.78, 5) is 23.4. The Bertz CT molecular complexity index is 752. The Balaban J connectivity index is 2.00. The van der Waals surface area contributed by atoms with Crippen molar-refractivity contribution in [3.8, 4) is 0 Å². The van der Waals surface area contributed by atoms with Gasteiger partial charge in [-0.15, -0.1) is 0 Å². The SMILES string of the molecule is CCOCCOCc1cccc(NC(=O)c2c(C)coc2CC(=O)O)c1. The van der Waals surface area contributed by atoms with Gasteiger partial charge in [0.1, 0.15) is 12.2 Å². The van der Waals surface area contributed by atoms with Crippen molar-refractivity contribution in [1.82, 2.24) is 0 Å². The highest BCUT2D eigenvalue weighted by Gasteiger charge is 2.20. The van der Waals surface area contributed by atoms with Crippen LogP contribution in [0.4, 0.5) is 5.69 Å². The van der Waals surface area contributed by atoms with E-state index in [1.807, 2.05) is 25.1 Å². The van der Waals surface area contributed by atoms with Gasteiger partial charge in [-0.2, -0.15) is 0 Å². The minimum Gasteiger partial charge on any atom is -0.481 e. The summed E-state index contributed by atoms with van der Waals surface area (Å²) in [5.74, 6) is -1.32. The molecule has 0 saturated carbocycles. The van der Waals surface area contributed by atoms with Crippen LogP contribution in [0.15, 0.2) is 34.9 Å². The van der Waals surface area contributed by atoms with Crippen molar-refractivity contribution in [3.05, 3.63) is 53.0 Å². The lowest BCUT2D eigenvalue weighted by molar-refractivity contribution is -0.136. The number of nitrogens with one attached hydrogen (secondary N) is 1. The van der Waals surface area contributed by atoms with Gasteiger partial charge in [0.2, 0.25) is 0 Å². The maximum Gasteiger partial charge on any atom is 0.311 e. The normalized spacial score (nSPS) is 10.7. The number of amides is 1. The molecule has 7 nitrogen and oxygen atoms in total. The van der Waals surface area contributed by atoms with E-state index in [9.17, 15) is 9.59 Å². The minimum atomic E-state index is -1.06. The van der Waals surface area contributed by atoms with Crippen LogP contribution in [0.1, 0.15) is 34.2 Å². The number of furan rings is 1. The molecule has 2 N–H and O–H groups in total. The van der Waals surface area contributed by atoms with Crippen LogP contribution in [-0.4, -0.2) is 36.8 Å². The number of carbonyl (C=O) groups excluding carboxylic acids is 1. The lowest BCUT2D eigenvalue weighted by Gasteiger charge is -2.09. The fourth-order valence-electron chi connectivity index (χ4n) is 2.46. The van der Waals surface area contributed by atoms with Gasteiger partial charge in [0.15, 0.2) is 0 Å². The summed E-state index contributed by atoms with van der Waals surface area (Å²) >= 11 is 0. The molecule has 1 aromatic heterocycles. The number of benzene rings is 1. The number of carbonyl (C=O) groups is 2. The Morgan fingerprint density at radius 1 is 1.23 bits per heavy atom. The van der Waals surface area contributed by atoms with Crippen molar-refractivity contribution in [1.29, 1.82) is 0 Å². The predicted octanol–water partition coefficient (Wildman–Crippen LogP) is 3.02. The molecular weight excluding hydrogens is 338 g/mol. The van der Waals surface area contributed by atoms with E-state index < -0.39 is 11.9 Å². The quantitative estimate of drug-likeness (QED) is 0.631. The second-order valence-electron chi connectivity index (χ2n) is 5.69. The predicted molar refractivity (Wildman–Crippen MR) is 95.3 cm³/mol. The van der Waals surface area contributed by atoms with E-state index in [-0.39, 0.29) is 17.7 Å². The molecule has 0 spiro atoms. The molecule has 0 atom stereocenters. The molecular formula is C19H23NO6. The number of rotatable bonds is 10. The Labute approximate surface area is 151 Å². The van der Waals surface area contributed by atoms with Crippen molar-refractivity contribution < 1.29 is 28.6 Å². The topological polar surface area (TPSA) is 98.0 Å². The van der Waals surface area contributed by atoms with Gasteiger partial charge in [-0.05, 0) is 31.5 Å². The van der Waals surface area contributed by atoms with Crippen LogP contribution >= 0.6 is 0 Å². The van der Waals surface area contributed by atoms with Crippen molar-refractivity contribution in [2.45, 2.75) is 26.9 Å². The van der Waals surface area contributed by atoms with Crippen molar-refractivity contribution in [3.63, 3.8) is 0 Å². The van der Waals surface area contributed by atoms with Crippen molar-refractivity contribution in [2.75, 3.05) is 25.1 Å². The summed E-state index contributed by atoms with van der Waals surface area (Å²) < 4.78 is 15.9. The Kier molecular flexibility index (Phi) is 7.37. The molecule has 140 valence electrons. The zero-order valence-corrected chi connectivity index (χ0v) is 14.9. The average Bonchev–Trinajstić information content (AvgIpc) is 2.95. The molecule has 1 amide bonds. The van der Waals surface area contributed by atoms with Gasteiger partial charge in [0, 0.05) is 17.9 Å². The molecule has 0 bridgehead atoms. The fraction of sp³-hybridized carbons (Fsp3) is 0.368. The number of carboxylic acid groups (broad SMARTS) is 1. The third-order valence-corrected chi connectivity index (χ3v) is 3.62. The van der Waals surface area contributed by atoms with E-state index in [1.165, 1.54) is 6.26 Å². The maximum absolute atomic E-state index is 12.5. The van der Waals surface area contributed by atoms with E-state index >= 15 is 0 Å². The number of aliphatic carboxylic acids is 1. The van der Waals surface area contributed by atoms with E-state index in [2.05, 4.69) is 5.32 Å². The first kappa shape index (κ1) is 19.7. The van der Waals surface area contributed by atoms with E-state index in [0.717, 1.165) is 5.56 Å². The van der Waals surface area contributed by atoms with E-state index in [0.29, 0.717) is 37.7 Å². The number of ether oxygens (including phenoxy) is 2. The molecule has 7 heteroatoms. The van der Waals surface area contributed by atoms with Crippen LogP contribution in [0.2, 0.25) is 0 Å². The third-order valence-electron chi connectivity index (χ3n) is 3.62. The lowest BCUT2D eigenvalue weighted by atomic mass is 10.1. The monoisotopic (exact) mass is 361 g/mol. The highest BCUT2D eigenvalue weighted by atomic mass is 16.5. The zero-order valence-electron chi connectivity index (χ0n) is 14.9. The fourth-order valence-corrected chi connectivity index (χ4v) is 2.46. The summed E-state index contributed by atoms with van der Waals surface area (Å²) in [7, 11) is 0. The van der Waals surface area contributed by atoms with E-state index in [1.54, 1.807) is 13.0 Å². The lowest BCUT2D eigenvalue weighted by Crippen LogP contribution is -2.15. The second-order valence-corrected chi connectivity index (χ2v) is 5.69. The third kappa shape index (κ3) is 5.72. The number of hydrogen-bond acceptors (Lipinski definition) is 5. The Morgan fingerprint density at radius 3 is 2.73 bits per heavy atom. The van der Waals surface area contributed by atoms with Gasteiger partial charge in [0.05, 0.1) is 31.6 Å². The number of aryl methyl sites for hydroxylation is 1. The molecule has 2 aromatic rings. The molecule has 0 aliphatic rings. The molecule has 0 aliphatic carbocycles. The maximum atomic E-state index is 12.5. The van der Waals surface area contributed by atoms with Gasteiger partial charge in [-0.1, -0.05) is 12.1 Å². The Morgan fingerprint density at radius 2 is 2.00 bits per heavy atom. The summed E-state index contributed by atoms with van der Waals surface area (Å²) in [6.45, 7) is 5.73. The summed E-state index contributed by atoms with van der Waals surface area (Å²) in [5, 5.41) is 11.7. The molecule has 0 aliphatic heterocycles. The van der Waals surface area contributed by atoms with Crippen LogP contribution in [0, 0.1) is 6.92 Å². The molecule has 0 saturated heterocycles. The summed E-state index contributed by atoms with van der Waals surface area (Å²) in [6, 6.07) is 7.28. The number of carboxylic acids is 1. The van der Waals surface area contributed by atoms with Crippen LogP contribution in [0.25, 0.3) is 0 Å². The van der Waals surface area contributed by atoms with Gasteiger partial charge in [-0.25, -0.2) is 0 Å². The van der Waals surface area contributed by atoms with Crippen LogP contribution in [0.3, 0.4) is 0 Å². The zero-order chi connectivity index (χ0) is 18.9. The molecule has 1 aromatic carbocycles. The highest BCUT2D eigenvalue weighted by Crippen LogP contribution is 2.20. The molecule has 0 unspecified atom stereocenters. The average molecular weight is 361 g/mol. The van der Waals surface area contributed by atoms with Gasteiger partial charge >= 0.3 is 5.97 Å². The first-order valence-corrected chi connectivity index (χ1v) is 8.35. The van der Waals surface area contributed by atoms with Crippen molar-refractivity contribution >= 4 is 17.6 Å². The molecule has 26 heavy (non-hydrogen) atoms. The molecule has 2 rings (SSSR count). The second kappa shape index (κ2) is 9.74. The van der Waals surface area contributed by atoms with Gasteiger partial charge in [-0.3, -0.25) is 9.59 Å². The largest absolute Gasteiger partial charge is 0.481 e. The van der Waals surface area contributed by atoms with Crippen LogP contribution in [0.5, 0.6) is 0 Å². The molecule has 0 fully saturated rings. The standard InChI is InChI=1S/C19H23NO6/c1-3-24-7-8-25-12-14-5-4-6-15(9-14)20-19(23)18-13(2)11-26-16(18)10-17(21)22/h4-6,9,11H,3,7-8,10,12H2,1-2H3,(H,20,23)(H,21,22). The van der Waals surface area contributed by atoms with Gasteiger partial charge in [0.25, 0.3) is 5.91 Å². The molecule has 0 radical (unpaired) electrons. The number of anilines is 1. The first-order chi connectivity index (χ1) is 12.5. The first-order valence-electron chi connectivity index (χ1n) is 8.35. The highest BCUT2D eigenvalue weighted by molar-refractivity contribution is 6.06. The smallest absolute Gasteiger partial charge is 0.311 e. The van der Waals surface area contributed by atoms with Crippen LogP contribution < -0.4 is 5.32 Å². The van der Waals surface area contributed by atoms with Crippen LogP contribution in [-0.2, 0) is 27.3 Å². The summed E-state index contributed by atoms with van der Waals surface area (Å²) in [6.07, 6.45) is 1.04. The minimum absolute atomic E-state index is 0.142. The molecule has 1 heterocycles. The van der Waals surface area contributed by atoms with Crippen molar-refractivity contribution in [2.24, 2.45) is 0 Å². The van der Waals surface area contributed by atoms with E-state index in [4.69, 9.17) is 19.0 Å². The summed E-state index contributed by atoms with van der Waals surface area (Å²) in [5.41, 5.74) is 2.36. The van der Waals surface area contributed by atoms with Gasteiger partial charge < -0.3 is 24.3 Å².